The Morgan fingerprint density at radius 1 is 1.29 bits per heavy atom. The first-order valence-electron chi connectivity index (χ1n) is 6.89. The fraction of sp³-hybridized carbons (Fsp3) is 0.333. The van der Waals surface area contributed by atoms with Gasteiger partial charge in [0.25, 0.3) is 0 Å². The Balaban J connectivity index is 2.48. The first-order valence-corrected chi connectivity index (χ1v) is 6.89. The number of carbonyl (C=O) groups is 1. The maximum atomic E-state index is 12.4. The number of allylic oxidation sites excluding steroid dienone is 1. The average molecular weight is 285 g/mol. The zero-order valence-corrected chi connectivity index (χ0v) is 12.5. The smallest absolute Gasteiger partial charge is 0.192 e. The third-order valence-electron chi connectivity index (χ3n) is 2.88. The van der Waals surface area contributed by atoms with E-state index in [4.69, 9.17) is 0 Å². The number of para-hydroxylation sites is 1. The highest BCUT2D eigenvalue weighted by Crippen LogP contribution is 2.18. The van der Waals surface area contributed by atoms with E-state index in [-0.39, 0.29) is 5.78 Å². The summed E-state index contributed by atoms with van der Waals surface area (Å²) >= 11 is 0. The summed E-state index contributed by atoms with van der Waals surface area (Å²) in [5.41, 5.74) is 1.35. The van der Waals surface area contributed by atoms with Gasteiger partial charge in [-0.1, -0.05) is 25.1 Å². The summed E-state index contributed by atoms with van der Waals surface area (Å²) in [5, 5.41) is 11.8. The van der Waals surface area contributed by atoms with Crippen LogP contribution < -0.4 is 0 Å². The summed E-state index contributed by atoms with van der Waals surface area (Å²) in [6, 6.07) is 9.54. The molecule has 0 spiro atoms. The first kappa shape index (κ1) is 14.9. The van der Waals surface area contributed by atoms with E-state index in [1.54, 1.807) is 10.9 Å². The van der Waals surface area contributed by atoms with Gasteiger partial charge in [0.2, 0.25) is 0 Å². The molecule has 0 radical (unpaired) electrons. The van der Waals surface area contributed by atoms with Crippen molar-refractivity contribution in [2.45, 2.75) is 19.8 Å². The molecule has 0 N–H and O–H groups in total. The van der Waals surface area contributed by atoms with Crippen molar-refractivity contribution in [3.05, 3.63) is 42.4 Å². The minimum Gasteiger partial charge on any atom is -0.383 e. The van der Waals surface area contributed by atoms with Gasteiger partial charge in [-0.2, -0.15) is 4.68 Å². The highest BCUT2D eigenvalue weighted by Gasteiger charge is 2.19. The average Bonchev–Trinajstić information content (AvgIpc) is 2.95. The number of carbonyl (C=O) groups excluding carboxylic acids is 1. The molecule has 21 heavy (non-hydrogen) atoms. The number of Topliss-reactive ketones (excluding diaryl/α,β-unsaturated/α-hetero) is 1. The monoisotopic (exact) mass is 285 g/mol. The van der Waals surface area contributed by atoms with Gasteiger partial charge in [0.15, 0.2) is 11.6 Å². The third-order valence-corrected chi connectivity index (χ3v) is 2.88. The minimum atomic E-state index is 0.0400. The van der Waals surface area contributed by atoms with E-state index in [0.29, 0.717) is 17.8 Å². The molecule has 0 saturated carbocycles. The number of nitrogens with zero attached hydrogens (tertiary/aromatic N) is 5. The van der Waals surface area contributed by atoms with Crippen molar-refractivity contribution in [2.24, 2.45) is 0 Å². The second-order valence-electron chi connectivity index (χ2n) is 4.93. The first-order chi connectivity index (χ1) is 10.1. The number of benzene rings is 1. The normalized spacial score (nSPS) is 11.5. The number of ketones is 1. The number of hydrogen-bond donors (Lipinski definition) is 0. The van der Waals surface area contributed by atoms with Crippen LogP contribution in [-0.2, 0) is 4.79 Å². The van der Waals surface area contributed by atoms with Crippen LogP contribution in [0.4, 0.5) is 0 Å². The summed E-state index contributed by atoms with van der Waals surface area (Å²) in [7, 11) is 3.74. The van der Waals surface area contributed by atoms with E-state index in [1.165, 1.54) is 0 Å². The summed E-state index contributed by atoms with van der Waals surface area (Å²) in [4.78, 5) is 14.2. The van der Waals surface area contributed by atoms with Gasteiger partial charge in [0.05, 0.1) is 11.3 Å². The molecule has 6 heteroatoms. The molecule has 0 saturated heterocycles. The Hall–Kier alpha value is -2.50. The van der Waals surface area contributed by atoms with Crippen LogP contribution in [0.2, 0.25) is 0 Å². The Kier molecular flexibility index (Phi) is 4.81. The molecule has 1 heterocycles. The highest BCUT2D eigenvalue weighted by atomic mass is 16.1. The fourth-order valence-corrected chi connectivity index (χ4v) is 1.97. The summed E-state index contributed by atoms with van der Waals surface area (Å²) in [6.45, 7) is 1.98. The minimum absolute atomic E-state index is 0.0400. The van der Waals surface area contributed by atoms with E-state index in [9.17, 15) is 4.79 Å². The van der Waals surface area contributed by atoms with Crippen LogP contribution in [-0.4, -0.2) is 45.0 Å². The number of rotatable bonds is 6. The molecular formula is C15H19N5O. The van der Waals surface area contributed by atoms with Crippen LogP contribution in [0.5, 0.6) is 0 Å². The van der Waals surface area contributed by atoms with E-state index in [2.05, 4.69) is 15.5 Å². The SMILES string of the molecule is CCCC(=O)/C(=C/N(C)C)c1nnnn1-c1ccccc1. The second kappa shape index (κ2) is 6.78. The van der Waals surface area contributed by atoms with E-state index < -0.39 is 0 Å². The maximum Gasteiger partial charge on any atom is 0.192 e. The van der Waals surface area contributed by atoms with Crippen molar-refractivity contribution < 1.29 is 4.79 Å². The van der Waals surface area contributed by atoms with Crippen LogP contribution in [0.25, 0.3) is 11.3 Å². The quantitative estimate of drug-likeness (QED) is 0.759. The Labute approximate surface area is 124 Å². The van der Waals surface area contributed by atoms with E-state index in [1.807, 2.05) is 56.3 Å². The molecule has 2 rings (SSSR count). The molecule has 0 aliphatic carbocycles. The molecule has 0 fully saturated rings. The second-order valence-corrected chi connectivity index (χ2v) is 4.93. The molecule has 6 nitrogen and oxygen atoms in total. The summed E-state index contributed by atoms with van der Waals surface area (Å²) < 4.78 is 1.59. The lowest BCUT2D eigenvalue weighted by molar-refractivity contribution is -0.113. The highest BCUT2D eigenvalue weighted by molar-refractivity contribution is 6.19. The summed E-state index contributed by atoms with van der Waals surface area (Å²) in [6.07, 6.45) is 3.03. The van der Waals surface area contributed by atoms with Gasteiger partial charge in [0, 0.05) is 26.7 Å². The van der Waals surface area contributed by atoms with Crippen molar-refractivity contribution in [1.82, 2.24) is 25.1 Å². The molecule has 2 aromatic rings. The van der Waals surface area contributed by atoms with Crippen LogP contribution >= 0.6 is 0 Å². The molecule has 0 atom stereocenters. The van der Waals surface area contributed by atoms with Gasteiger partial charge in [-0.15, -0.1) is 5.10 Å². The molecule has 0 aliphatic rings. The molecule has 0 bridgehead atoms. The van der Waals surface area contributed by atoms with Gasteiger partial charge in [-0.3, -0.25) is 4.79 Å². The molecule has 0 amide bonds. The Bertz CT molecular complexity index is 631. The predicted octanol–water partition coefficient (Wildman–Crippen LogP) is 1.93. The number of tetrazole rings is 1. The molecule has 1 aromatic carbocycles. The fourth-order valence-electron chi connectivity index (χ4n) is 1.97. The van der Waals surface area contributed by atoms with Gasteiger partial charge < -0.3 is 4.90 Å². The van der Waals surface area contributed by atoms with Crippen molar-refractivity contribution in [3.8, 4) is 5.69 Å². The van der Waals surface area contributed by atoms with Crippen LogP contribution in [0.1, 0.15) is 25.6 Å². The van der Waals surface area contributed by atoms with Crippen LogP contribution in [0.3, 0.4) is 0 Å². The molecular weight excluding hydrogens is 266 g/mol. The van der Waals surface area contributed by atoms with Gasteiger partial charge in [-0.25, -0.2) is 0 Å². The van der Waals surface area contributed by atoms with Crippen molar-refractivity contribution in [1.29, 1.82) is 0 Å². The Morgan fingerprint density at radius 2 is 2.00 bits per heavy atom. The lowest BCUT2D eigenvalue weighted by atomic mass is 10.1. The van der Waals surface area contributed by atoms with E-state index in [0.717, 1.165) is 12.1 Å². The molecule has 0 aliphatic heterocycles. The number of aromatic nitrogens is 4. The zero-order chi connectivity index (χ0) is 15.2. The van der Waals surface area contributed by atoms with Crippen molar-refractivity contribution in [3.63, 3.8) is 0 Å². The van der Waals surface area contributed by atoms with Gasteiger partial charge in [-0.05, 0) is 29.0 Å². The molecule has 110 valence electrons. The van der Waals surface area contributed by atoms with Crippen molar-refractivity contribution in [2.75, 3.05) is 14.1 Å². The lowest BCUT2D eigenvalue weighted by Gasteiger charge is -2.11. The lowest BCUT2D eigenvalue weighted by Crippen LogP contribution is -2.13. The van der Waals surface area contributed by atoms with Gasteiger partial charge >= 0.3 is 0 Å². The van der Waals surface area contributed by atoms with Crippen molar-refractivity contribution >= 4 is 11.4 Å². The zero-order valence-electron chi connectivity index (χ0n) is 12.5. The number of hydrogen-bond acceptors (Lipinski definition) is 5. The third kappa shape index (κ3) is 3.53. The largest absolute Gasteiger partial charge is 0.383 e. The van der Waals surface area contributed by atoms with Crippen LogP contribution in [0, 0.1) is 0 Å². The molecule has 0 unspecified atom stereocenters. The maximum absolute atomic E-state index is 12.4. The standard InChI is InChI=1S/C15H19N5O/c1-4-8-14(21)13(11-19(2)3)15-16-17-18-20(15)12-9-6-5-7-10-12/h5-7,9-11H,4,8H2,1-3H3/b13-11-. The van der Waals surface area contributed by atoms with Crippen LogP contribution in [0.15, 0.2) is 36.5 Å². The molecule has 1 aromatic heterocycles. The van der Waals surface area contributed by atoms with Gasteiger partial charge in [0.1, 0.15) is 0 Å². The topological polar surface area (TPSA) is 63.9 Å². The predicted molar refractivity (Wildman–Crippen MR) is 80.7 cm³/mol. The van der Waals surface area contributed by atoms with E-state index >= 15 is 0 Å². The summed E-state index contributed by atoms with van der Waals surface area (Å²) in [5.74, 6) is 0.506. The Morgan fingerprint density at radius 3 is 2.62 bits per heavy atom.